The number of hydrogen-bond donors (Lipinski definition) is 1. The molecular weight excluding hydrogens is 122 g/mol. The van der Waals surface area contributed by atoms with Crippen LogP contribution in [0.15, 0.2) is 35.6 Å². The molecule has 0 aliphatic carbocycles. The van der Waals surface area contributed by atoms with Crippen molar-refractivity contribution in [3.05, 3.63) is 35.6 Å². The molecule has 0 unspecified atom stereocenters. The SMILES string of the molecule is C=C/C(N)=C\C(C)=C(C)C. The molecule has 1 heteroatoms. The molecule has 0 heterocycles. The van der Waals surface area contributed by atoms with Crippen molar-refractivity contribution in [2.75, 3.05) is 0 Å². The largest absolute Gasteiger partial charge is 0.399 e. The van der Waals surface area contributed by atoms with Crippen molar-refractivity contribution >= 4 is 0 Å². The lowest BCUT2D eigenvalue weighted by molar-refractivity contribution is 1.27. The van der Waals surface area contributed by atoms with E-state index in [2.05, 4.69) is 20.4 Å². The topological polar surface area (TPSA) is 26.0 Å². The molecule has 0 rings (SSSR count). The molecule has 0 amide bonds. The Kier molecular flexibility index (Phi) is 3.55. The van der Waals surface area contributed by atoms with Gasteiger partial charge in [0.1, 0.15) is 0 Å². The van der Waals surface area contributed by atoms with Gasteiger partial charge < -0.3 is 5.73 Å². The zero-order valence-corrected chi connectivity index (χ0v) is 6.94. The summed E-state index contributed by atoms with van der Waals surface area (Å²) in [7, 11) is 0. The molecule has 0 radical (unpaired) electrons. The van der Waals surface area contributed by atoms with E-state index >= 15 is 0 Å². The molecule has 56 valence electrons. The molecule has 0 atom stereocenters. The second-order valence-electron chi connectivity index (χ2n) is 2.53. The first kappa shape index (κ1) is 9.02. The fraction of sp³-hybridized carbons (Fsp3) is 0.333. The third-order valence-corrected chi connectivity index (χ3v) is 1.41. The molecule has 0 spiro atoms. The minimum absolute atomic E-state index is 0.721. The Bertz CT molecular complexity index is 181. The van der Waals surface area contributed by atoms with E-state index in [1.165, 1.54) is 11.1 Å². The molecule has 0 bridgehead atoms. The van der Waals surface area contributed by atoms with E-state index in [1.54, 1.807) is 6.08 Å². The highest BCUT2D eigenvalue weighted by atomic mass is 14.5. The van der Waals surface area contributed by atoms with Crippen molar-refractivity contribution in [1.29, 1.82) is 0 Å². The van der Waals surface area contributed by atoms with Gasteiger partial charge in [0.15, 0.2) is 0 Å². The van der Waals surface area contributed by atoms with Crippen LogP contribution in [0, 0.1) is 0 Å². The van der Waals surface area contributed by atoms with Crippen molar-refractivity contribution in [3.63, 3.8) is 0 Å². The Morgan fingerprint density at radius 3 is 2.10 bits per heavy atom. The van der Waals surface area contributed by atoms with Crippen molar-refractivity contribution in [1.82, 2.24) is 0 Å². The highest BCUT2D eigenvalue weighted by molar-refractivity contribution is 5.28. The van der Waals surface area contributed by atoms with Gasteiger partial charge in [0, 0.05) is 5.70 Å². The summed E-state index contributed by atoms with van der Waals surface area (Å²) in [5, 5.41) is 0. The molecule has 2 N–H and O–H groups in total. The van der Waals surface area contributed by atoms with Crippen molar-refractivity contribution < 1.29 is 0 Å². The van der Waals surface area contributed by atoms with Gasteiger partial charge in [0.25, 0.3) is 0 Å². The minimum Gasteiger partial charge on any atom is -0.399 e. The second kappa shape index (κ2) is 3.94. The first-order chi connectivity index (χ1) is 4.57. The maximum Gasteiger partial charge on any atom is 0.0310 e. The molecule has 0 fully saturated rings. The Balaban J connectivity index is 4.42. The van der Waals surface area contributed by atoms with E-state index in [9.17, 15) is 0 Å². The normalized spacial score (nSPS) is 10.9. The Morgan fingerprint density at radius 1 is 1.30 bits per heavy atom. The lowest BCUT2D eigenvalue weighted by atomic mass is 10.1. The van der Waals surface area contributed by atoms with Gasteiger partial charge in [0.05, 0.1) is 0 Å². The van der Waals surface area contributed by atoms with Gasteiger partial charge in [-0.2, -0.15) is 0 Å². The summed E-state index contributed by atoms with van der Waals surface area (Å²) < 4.78 is 0. The molecule has 0 aliphatic rings. The van der Waals surface area contributed by atoms with Gasteiger partial charge >= 0.3 is 0 Å². The summed E-state index contributed by atoms with van der Waals surface area (Å²) in [6.45, 7) is 9.71. The summed E-state index contributed by atoms with van der Waals surface area (Å²) in [5.41, 5.74) is 8.73. The summed E-state index contributed by atoms with van der Waals surface area (Å²) in [6.07, 6.45) is 3.56. The number of nitrogens with two attached hydrogens (primary N) is 1. The van der Waals surface area contributed by atoms with E-state index in [0.717, 1.165) is 5.70 Å². The van der Waals surface area contributed by atoms with Crippen LogP contribution >= 0.6 is 0 Å². The second-order valence-corrected chi connectivity index (χ2v) is 2.53. The smallest absolute Gasteiger partial charge is 0.0310 e. The molecule has 0 aromatic rings. The van der Waals surface area contributed by atoms with Crippen LogP contribution in [0.5, 0.6) is 0 Å². The maximum atomic E-state index is 5.52. The summed E-state index contributed by atoms with van der Waals surface area (Å²) in [4.78, 5) is 0. The standard InChI is InChI=1S/C9H15N/c1-5-9(10)6-8(4)7(2)3/h5-6H,1,10H2,2-4H3/b9-6+. The monoisotopic (exact) mass is 137 g/mol. The van der Waals surface area contributed by atoms with Gasteiger partial charge in [-0.15, -0.1) is 0 Å². The van der Waals surface area contributed by atoms with Crippen LogP contribution in [-0.2, 0) is 0 Å². The van der Waals surface area contributed by atoms with Crippen molar-refractivity contribution in [2.45, 2.75) is 20.8 Å². The van der Waals surface area contributed by atoms with E-state index in [1.807, 2.05) is 13.0 Å². The van der Waals surface area contributed by atoms with Gasteiger partial charge in [-0.25, -0.2) is 0 Å². The van der Waals surface area contributed by atoms with E-state index in [4.69, 9.17) is 5.73 Å². The predicted octanol–water partition coefficient (Wildman–Crippen LogP) is 2.37. The molecule has 0 saturated carbocycles. The number of allylic oxidation sites excluding steroid dienone is 4. The Morgan fingerprint density at radius 2 is 1.80 bits per heavy atom. The first-order valence-corrected chi connectivity index (χ1v) is 3.31. The average molecular weight is 137 g/mol. The first-order valence-electron chi connectivity index (χ1n) is 3.31. The quantitative estimate of drug-likeness (QED) is 0.581. The maximum absolute atomic E-state index is 5.52. The van der Waals surface area contributed by atoms with Crippen molar-refractivity contribution in [3.8, 4) is 0 Å². The highest BCUT2D eigenvalue weighted by Gasteiger charge is 1.86. The number of hydrogen-bond acceptors (Lipinski definition) is 1. The lowest BCUT2D eigenvalue weighted by Gasteiger charge is -1.96. The fourth-order valence-electron chi connectivity index (χ4n) is 0.453. The zero-order valence-electron chi connectivity index (χ0n) is 6.94. The van der Waals surface area contributed by atoms with Gasteiger partial charge in [-0.1, -0.05) is 17.7 Å². The average Bonchev–Trinajstić information content (AvgIpc) is 1.87. The molecule has 0 aromatic heterocycles. The predicted molar refractivity (Wildman–Crippen MR) is 46.5 cm³/mol. The van der Waals surface area contributed by atoms with Crippen molar-refractivity contribution in [2.24, 2.45) is 5.73 Å². The van der Waals surface area contributed by atoms with Crippen LogP contribution in [0.1, 0.15) is 20.8 Å². The fourth-order valence-corrected chi connectivity index (χ4v) is 0.453. The van der Waals surface area contributed by atoms with Crippen LogP contribution in [0.4, 0.5) is 0 Å². The highest BCUT2D eigenvalue weighted by Crippen LogP contribution is 2.04. The van der Waals surface area contributed by atoms with Crippen LogP contribution in [0.25, 0.3) is 0 Å². The molecular formula is C9H15N. The van der Waals surface area contributed by atoms with Crippen LogP contribution in [-0.4, -0.2) is 0 Å². The molecule has 0 aliphatic heterocycles. The molecule has 0 aromatic carbocycles. The molecule has 10 heavy (non-hydrogen) atoms. The van der Waals surface area contributed by atoms with Gasteiger partial charge in [-0.3, -0.25) is 0 Å². The van der Waals surface area contributed by atoms with Gasteiger partial charge in [0.2, 0.25) is 0 Å². The third kappa shape index (κ3) is 3.13. The zero-order chi connectivity index (χ0) is 8.15. The van der Waals surface area contributed by atoms with Gasteiger partial charge in [-0.05, 0) is 32.9 Å². The Hall–Kier alpha value is -0.980. The van der Waals surface area contributed by atoms with E-state index in [-0.39, 0.29) is 0 Å². The summed E-state index contributed by atoms with van der Waals surface area (Å²) in [6, 6.07) is 0. The molecule has 0 saturated heterocycles. The molecule has 1 nitrogen and oxygen atoms in total. The summed E-state index contributed by atoms with van der Waals surface area (Å²) >= 11 is 0. The van der Waals surface area contributed by atoms with Crippen LogP contribution < -0.4 is 5.73 Å². The number of rotatable bonds is 2. The lowest BCUT2D eigenvalue weighted by Crippen LogP contribution is -1.92. The minimum atomic E-state index is 0.721. The van der Waals surface area contributed by atoms with E-state index < -0.39 is 0 Å². The Labute approximate surface area is 62.9 Å². The summed E-state index contributed by atoms with van der Waals surface area (Å²) in [5.74, 6) is 0. The van der Waals surface area contributed by atoms with E-state index in [0.29, 0.717) is 0 Å². The third-order valence-electron chi connectivity index (χ3n) is 1.41. The van der Waals surface area contributed by atoms with Crippen LogP contribution in [0.2, 0.25) is 0 Å². The van der Waals surface area contributed by atoms with Crippen LogP contribution in [0.3, 0.4) is 0 Å².